The number of fused-ring (bicyclic) bond motifs is 1. The first kappa shape index (κ1) is 13.7. The van der Waals surface area contributed by atoms with E-state index >= 15 is 0 Å². The molecule has 7 heteroatoms. The first-order valence-corrected chi connectivity index (χ1v) is 6.33. The van der Waals surface area contributed by atoms with E-state index in [0.29, 0.717) is 16.8 Å². The first-order chi connectivity index (χ1) is 10.6. The van der Waals surface area contributed by atoms with Gasteiger partial charge in [0, 0.05) is 11.3 Å². The standard InChI is InChI=1S/C15H10FN3O3/c16-10-2-4-11(5-3-10)18-15(21)19-14(20)9-1-6-13-12(7-9)17-8-22-13/h1-8H,(H2,18,19,20,21). The lowest BCUT2D eigenvalue weighted by molar-refractivity contribution is 0.0967. The molecule has 1 heterocycles. The maximum atomic E-state index is 12.8. The highest BCUT2D eigenvalue weighted by Crippen LogP contribution is 2.14. The molecule has 0 radical (unpaired) electrons. The summed E-state index contributed by atoms with van der Waals surface area (Å²) in [4.78, 5) is 27.6. The number of benzene rings is 2. The number of imide groups is 1. The van der Waals surface area contributed by atoms with Crippen molar-refractivity contribution in [3.05, 3.63) is 60.2 Å². The van der Waals surface area contributed by atoms with Crippen molar-refractivity contribution in [2.45, 2.75) is 0 Å². The molecule has 0 saturated heterocycles. The summed E-state index contributed by atoms with van der Waals surface area (Å²) in [6.07, 6.45) is 1.27. The molecule has 0 atom stereocenters. The Bertz CT molecular complexity index is 843. The Labute approximate surface area is 124 Å². The molecule has 0 aliphatic carbocycles. The molecule has 3 aromatic rings. The molecule has 0 spiro atoms. The largest absolute Gasteiger partial charge is 0.443 e. The molecule has 0 bridgehead atoms. The van der Waals surface area contributed by atoms with E-state index in [1.54, 1.807) is 6.07 Å². The SMILES string of the molecule is O=C(NC(=O)c1ccc2ocnc2c1)Nc1ccc(F)cc1. The van der Waals surface area contributed by atoms with Crippen LogP contribution in [0.15, 0.2) is 53.3 Å². The summed E-state index contributed by atoms with van der Waals surface area (Å²) in [7, 11) is 0. The summed E-state index contributed by atoms with van der Waals surface area (Å²) in [5.74, 6) is -0.993. The second kappa shape index (κ2) is 5.65. The number of carbonyl (C=O) groups excluding carboxylic acids is 2. The molecule has 0 unspecified atom stereocenters. The number of urea groups is 1. The lowest BCUT2D eigenvalue weighted by Gasteiger charge is -2.06. The quantitative estimate of drug-likeness (QED) is 0.762. The number of oxazole rings is 1. The van der Waals surface area contributed by atoms with Gasteiger partial charge in [-0.05, 0) is 42.5 Å². The normalized spacial score (nSPS) is 10.4. The maximum Gasteiger partial charge on any atom is 0.326 e. The van der Waals surface area contributed by atoms with Crippen LogP contribution < -0.4 is 10.6 Å². The Kier molecular flexibility index (Phi) is 3.53. The van der Waals surface area contributed by atoms with Crippen LogP contribution in [0.1, 0.15) is 10.4 Å². The van der Waals surface area contributed by atoms with Gasteiger partial charge in [0.1, 0.15) is 11.3 Å². The second-order valence-electron chi connectivity index (χ2n) is 4.45. The third kappa shape index (κ3) is 2.93. The van der Waals surface area contributed by atoms with Gasteiger partial charge in [-0.25, -0.2) is 14.2 Å². The number of hydrogen-bond donors (Lipinski definition) is 2. The van der Waals surface area contributed by atoms with Gasteiger partial charge >= 0.3 is 6.03 Å². The van der Waals surface area contributed by atoms with Gasteiger partial charge in [0.25, 0.3) is 5.91 Å². The summed E-state index contributed by atoms with van der Waals surface area (Å²) >= 11 is 0. The second-order valence-corrected chi connectivity index (χ2v) is 4.45. The molecular weight excluding hydrogens is 289 g/mol. The molecular formula is C15H10FN3O3. The van der Waals surface area contributed by atoms with Crippen LogP contribution in [0.5, 0.6) is 0 Å². The highest BCUT2D eigenvalue weighted by molar-refractivity contribution is 6.08. The average molecular weight is 299 g/mol. The van der Waals surface area contributed by atoms with Crippen LogP contribution in [0.2, 0.25) is 0 Å². The molecule has 6 nitrogen and oxygen atoms in total. The van der Waals surface area contributed by atoms with Gasteiger partial charge in [-0.3, -0.25) is 10.1 Å². The number of nitrogens with zero attached hydrogens (tertiary/aromatic N) is 1. The van der Waals surface area contributed by atoms with Gasteiger partial charge in [0.05, 0.1) is 0 Å². The minimum absolute atomic E-state index is 0.274. The van der Waals surface area contributed by atoms with E-state index < -0.39 is 17.8 Å². The van der Waals surface area contributed by atoms with Crippen LogP contribution in [0.25, 0.3) is 11.1 Å². The Balaban J connectivity index is 1.67. The van der Waals surface area contributed by atoms with Crippen LogP contribution in [-0.4, -0.2) is 16.9 Å². The van der Waals surface area contributed by atoms with E-state index in [4.69, 9.17) is 4.42 Å². The van der Waals surface area contributed by atoms with E-state index in [1.807, 2.05) is 0 Å². The first-order valence-electron chi connectivity index (χ1n) is 6.33. The van der Waals surface area contributed by atoms with Gasteiger partial charge in [0.15, 0.2) is 12.0 Å². The highest BCUT2D eigenvalue weighted by atomic mass is 19.1. The Hall–Kier alpha value is -3.22. The number of anilines is 1. The average Bonchev–Trinajstić information content (AvgIpc) is 2.97. The Morgan fingerprint density at radius 1 is 1.09 bits per heavy atom. The Morgan fingerprint density at radius 3 is 2.64 bits per heavy atom. The zero-order chi connectivity index (χ0) is 15.5. The summed E-state index contributed by atoms with van der Waals surface area (Å²) in [5, 5.41) is 4.61. The smallest absolute Gasteiger partial charge is 0.326 e. The van der Waals surface area contributed by atoms with E-state index in [1.165, 1.54) is 42.8 Å². The molecule has 2 aromatic carbocycles. The van der Waals surface area contributed by atoms with Crippen LogP contribution in [0, 0.1) is 5.82 Å². The number of carbonyl (C=O) groups is 2. The molecule has 1 aromatic heterocycles. The molecule has 0 aliphatic rings. The molecule has 3 rings (SSSR count). The fourth-order valence-corrected chi connectivity index (χ4v) is 1.87. The van der Waals surface area contributed by atoms with Crippen molar-refractivity contribution in [2.75, 3.05) is 5.32 Å². The lowest BCUT2D eigenvalue weighted by Crippen LogP contribution is -2.34. The summed E-state index contributed by atoms with van der Waals surface area (Å²) in [5.41, 5.74) is 1.72. The number of rotatable bonds is 2. The zero-order valence-electron chi connectivity index (χ0n) is 11.2. The maximum absolute atomic E-state index is 12.8. The van der Waals surface area contributed by atoms with Crippen molar-refractivity contribution in [2.24, 2.45) is 0 Å². The Morgan fingerprint density at radius 2 is 1.86 bits per heavy atom. The van der Waals surface area contributed by atoms with Crippen molar-refractivity contribution in [3.63, 3.8) is 0 Å². The van der Waals surface area contributed by atoms with Gasteiger partial charge in [-0.15, -0.1) is 0 Å². The minimum atomic E-state index is -0.711. The van der Waals surface area contributed by atoms with E-state index in [2.05, 4.69) is 15.6 Å². The van der Waals surface area contributed by atoms with E-state index in [9.17, 15) is 14.0 Å². The zero-order valence-corrected chi connectivity index (χ0v) is 11.2. The third-order valence-electron chi connectivity index (χ3n) is 2.92. The molecule has 2 N–H and O–H groups in total. The number of nitrogens with one attached hydrogen (secondary N) is 2. The lowest BCUT2D eigenvalue weighted by atomic mass is 10.2. The highest BCUT2D eigenvalue weighted by Gasteiger charge is 2.12. The van der Waals surface area contributed by atoms with Crippen molar-refractivity contribution in [1.82, 2.24) is 10.3 Å². The number of amides is 3. The fourth-order valence-electron chi connectivity index (χ4n) is 1.87. The fraction of sp³-hybridized carbons (Fsp3) is 0. The van der Waals surface area contributed by atoms with Crippen molar-refractivity contribution in [1.29, 1.82) is 0 Å². The van der Waals surface area contributed by atoms with Gasteiger partial charge in [-0.1, -0.05) is 0 Å². The monoisotopic (exact) mass is 299 g/mol. The van der Waals surface area contributed by atoms with Crippen molar-refractivity contribution in [3.8, 4) is 0 Å². The summed E-state index contributed by atoms with van der Waals surface area (Å²) in [6, 6.07) is 9.10. The minimum Gasteiger partial charge on any atom is -0.443 e. The van der Waals surface area contributed by atoms with Crippen LogP contribution >= 0.6 is 0 Å². The summed E-state index contributed by atoms with van der Waals surface area (Å²) in [6.45, 7) is 0. The van der Waals surface area contributed by atoms with Crippen molar-refractivity contribution >= 4 is 28.7 Å². The molecule has 3 amide bonds. The van der Waals surface area contributed by atoms with Gasteiger partial charge < -0.3 is 9.73 Å². The number of aromatic nitrogens is 1. The van der Waals surface area contributed by atoms with E-state index in [0.717, 1.165) is 0 Å². The molecule has 0 fully saturated rings. The number of halogens is 1. The van der Waals surface area contributed by atoms with Crippen LogP contribution in [0.3, 0.4) is 0 Å². The molecule has 22 heavy (non-hydrogen) atoms. The predicted molar refractivity (Wildman–Crippen MR) is 76.9 cm³/mol. The predicted octanol–water partition coefficient (Wildman–Crippen LogP) is 2.93. The van der Waals surface area contributed by atoms with Gasteiger partial charge in [0.2, 0.25) is 0 Å². The third-order valence-corrected chi connectivity index (χ3v) is 2.92. The van der Waals surface area contributed by atoms with Crippen LogP contribution in [0.4, 0.5) is 14.9 Å². The van der Waals surface area contributed by atoms with Gasteiger partial charge in [-0.2, -0.15) is 0 Å². The molecule has 0 saturated carbocycles. The number of hydrogen-bond acceptors (Lipinski definition) is 4. The molecule has 110 valence electrons. The molecule has 0 aliphatic heterocycles. The summed E-state index contributed by atoms with van der Waals surface area (Å²) < 4.78 is 17.8. The topological polar surface area (TPSA) is 84.2 Å². The van der Waals surface area contributed by atoms with Crippen LogP contribution in [-0.2, 0) is 0 Å². The van der Waals surface area contributed by atoms with Crippen molar-refractivity contribution < 1.29 is 18.4 Å². The van der Waals surface area contributed by atoms with E-state index in [-0.39, 0.29) is 5.56 Å².